The number of hydrogen-bond donors (Lipinski definition) is 1. The summed E-state index contributed by atoms with van der Waals surface area (Å²) in [4.78, 5) is 35.7. The van der Waals surface area contributed by atoms with E-state index in [9.17, 15) is 26.8 Å². The molecule has 1 saturated heterocycles. The molecule has 3 aliphatic rings. The summed E-state index contributed by atoms with van der Waals surface area (Å²) >= 11 is 0. The molecular formula is C28H26F2N6O6S. The molecule has 1 saturated carbocycles. The number of aromatic amines is 1. The second-order valence-electron chi connectivity index (χ2n) is 10.8. The number of hydrogen-bond acceptors (Lipinski definition) is 8. The van der Waals surface area contributed by atoms with Gasteiger partial charge in [0, 0.05) is 36.4 Å². The first-order valence-electron chi connectivity index (χ1n) is 13.8. The van der Waals surface area contributed by atoms with Crippen molar-refractivity contribution < 1.29 is 31.5 Å². The standard InChI is InChI=1S/C28H26F2N6O6S/c1-16-12-17(4-9-22(16)43(39,40)34-10-2-3-11-34)24-25-26(32-15-31-25)27(38)35(33-24)14-23(37)36(18-5-6-18)19-7-8-20-21(13-19)42-28(29,30)41-20/h4,7-9,12-13,15,18H,2-3,5-6,10-11,14H2,1H3,(H,31,32). The maximum atomic E-state index is 13.6. The van der Waals surface area contributed by atoms with Crippen molar-refractivity contribution in [3.63, 3.8) is 0 Å². The minimum atomic E-state index is -3.79. The summed E-state index contributed by atoms with van der Waals surface area (Å²) in [6, 6.07) is 8.76. The van der Waals surface area contributed by atoms with Crippen LogP contribution in [0.1, 0.15) is 31.2 Å². The van der Waals surface area contributed by atoms with E-state index in [0.29, 0.717) is 54.0 Å². The highest BCUT2D eigenvalue weighted by Crippen LogP contribution is 2.44. The SMILES string of the molecule is Cc1cc(-c2nn(CC(=O)N(c3ccc4c(c3)OC(F)(F)O4)C3CC3)c(=O)c3nc[nH]c23)ccc1S(=O)(=O)N1CCCC1. The number of carbonyl (C=O) groups is 1. The van der Waals surface area contributed by atoms with Crippen LogP contribution in [0.25, 0.3) is 22.3 Å². The third-order valence-electron chi connectivity index (χ3n) is 7.79. The first-order chi connectivity index (χ1) is 20.5. The Balaban J connectivity index is 1.23. The molecule has 12 nitrogen and oxygen atoms in total. The molecule has 7 rings (SSSR count). The topological polar surface area (TPSA) is 140 Å². The first-order valence-corrected chi connectivity index (χ1v) is 15.2. The molecule has 2 fully saturated rings. The summed E-state index contributed by atoms with van der Waals surface area (Å²) in [6.45, 7) is 2.21. The van der Waals surface area contributed by atoms with Crippen LogP contribution < -0.4 is 19.9 Å². The number of alkyl halides is 2. The van der Waals surface area contributed by atoms with Gasteiger partial charge in [0.2, 0.25) is 15.9 Å². The van der Waals surface area contributed by atoms with Gasteiger partial charge in [-0.1, -0.05) is 6.07 Å². The highest BCUT2D eigenvalue weighted by atomic mass is 32.2. The molecule has 2 aliphatic heterocycles. The summed E-state index contributed by atoms with van der Waals surface area (Å²) in [6.07, 6.45) is 0.600. The minimum absolute atomic E-state index is 0.0625. The fraction of sp³-hybridized carbons (Fsp3) is 0.357. The Hall–Kier alpha value is -4.37. The Morgan fingerprint density at radius 1 is 1.12 bits per heavy atom. The number of H-pyrrole nitrogens is 1. The van der Waals surface area contributed by atoms with E-state index in [-0.39, 0.29) is 28.0 Å². The van der Waals surface area contributed by atoms with Gasteiger partial charge in [0.25, 0.3) is 5.56 Å². The Morgan fingerprint density at radius 3 is 2.58 bits per heavy atom. The van der Waals surface area contributed by atoms with Gasteiger partial charge in [-0.15, -0.1) is 8.78 Å². The highest BCUT2D eigenvalue weighted by Gasteiger charge is 2.44. The molecule has 0 unspecified atom stereocenters. The normalized spacial score (nSPS) is 17.9. The molecule has 4 aromatic rings. The predicted molar refractivity (Wildman–Crippen MR) is 149 cm³/mol. The second kappa shape index (κ2) is 9.84. The number of benzene rings is 2. The minimum Gasteiger partial charge on any atom is -0.395 e. The molecule has 4 heterocycles. The number of aryl methyl sites for hydroxylation is 1. The Morgan fingerprint density at radius 2 is 1.86 bits per heavy atom. The van der Waals surface area contributed by atoms with Crippen molar-refractivity contribution in [2.75, 3.05) is 18.0 Å². The number of ether oxygens (including phenoxy) is 2. The van der Waals surface area contributed by atoms with E-state index in [1.165, 1.54) is 39.8 Å². The van der Waals surface area contributed by atoms with E-state index in [1.54, 1.807) is 19.1 Å². The summed E-state index contributed by atoms with van der Waals surface area (Å²) in [7, 11) is -3.65. The highest BCUT2D eigenvalue weighted by molar-refractivity contribution is 7.89. The zero-order valence-corrected chi connectivity index (χ0v) is 23.7. The van der Waals surface area contributed by atoms with Crippen molar-refractivity contribution in [3.05, 3.63) is 58.6 Å². The molecule has 1 amide bonds. The van der Waals surface area contributed by atoms with Crippen molar-refractivity contribution >= 4 is 32.7 Å². The molecule has 0 atom stereocenters. The summed E-state index contributed by atoms with van der Waals surface area (Å²) < 4.78 is 65.0. The van der Waals surface area contributed by atoms with Crippen molar-refractivity contribution in [1.82, 2.24) is 24.1 Å². The van der Waals surface area contributed by atoms with Crippen molar-refractivity contribution in [3.8, 4) is 22.8 Å². The van der Waals surface area contributed by atoms with Gasteiger partial charge < -0.3 is 19.4 Å². The second-order valence-corrected chi connectivity index (χ2v) is 12.7. The molecule has 15 heteroatoms. The first kappa shape index (κ1) is 27.5. The van der Waals surface area contributed by atoms with E-state index < -0.39 is 34.3 Å². The van der Waals surface area contributed by atoms with Gasteiger partial charge in [0.1, 0.15) is 12.2 Å². The lowest BCUT2D eigenvalue weighted by molar-refractivity contribution is -0.286. The smallest absolute Gasteiger partial charge is 0.395 e. The van der Waals surface area contributed by atoms with Crippen molar-refractivity contribution in [1.29, 1.82) is 0 Å². The van der Waals surface area contributed by atoms with Crippen LogP contribution in [-0.2, 0) is 21.4 Å². The van der Waals surface area contributed by atoms with Crippen LogP contribution in [0.3, 0.4) is 0 Å². The molecule has 1 aliphatic carbocycles. The van der Waals surface area contributed by atoms with Crippen LogP contribution in [0, 0.1) is 6.92 Å². The van der Waals surface area contributed by atoms with Crippen LogP contribution >= 0.6 is 0 Å². The van der Waals surface area contributed by atoms with Crippen molar-refractivity contribution in [2.45, 2.75) is 56.4 Å². The van der Waals surface area contributed by atoms with Crippen molar-refractivity contribution in [2.24, 2.45) is 0 Å². The monoisotopic (exact) mass is 612 g/mol. The van der Waals surface area contributed by atoms with E-state index in [1.807, 2.05) is 0 Å². The van der Waals surface area contributed by atoms with E-state index >= 15 is 0 Å². The fourth-order valence-electron chi connectivity index (χ4n) is 5.62. The average molecular weight is 613 g/mol. The third kappa shape index (κ3) is 4.81. The molecule has 1 N–H and O–H groups in total. The molecule has 224 valence electrons. The van der Waals surface area contributed by atoms with Gasteiger partial charge in [0.15, 0.2) is 17.0 Å². The van der Waals surface area contributed by atoms with Gasteiger partial charge in [-0.2, -0.15) is 9.40 Å². The number of anilines is 1. The number of rotatable bonds is 7. The number of carbonyl (C=O) groups excluding carboxylic acids is 1. The number of aromatic nitrogens is 4. The Bertz CT molecular complexity index is 1950. The maximum absolute atomic E-state index is 13.6. The quantitative estimate of drug-likeness (QED) is 0.335. The van der Waals surface area contributed by atoms with E-state index in [4.69, 9.17) is 0 Å². The molecular weight excluding hydrogens is 586 g/mol. The molecule has 2 aromatic heterocycles. The van der Waals surface area contributed by atoms with Gasteiger partial charge in [-0.25, -0.2) is 18.1 Å². The number of amides is 1. The van der Waals surface area contributed by atoms with Gasteiger partial charge in [0.05, 0.1) is 16.7 Å². The largest absolute Gasteiger partial charge is 0.586 e. The van der Waals surface area contributed by atoms with Gasteiger partial charge >= 0.3 is 6.29 Å². The Kier molecular flexibility index (Phi) is 6.28. The van der Waals surface area contributed by atoms with Crippen LogP contribution in [0.4, 0.5) is 14.5 Å². The number of halogens is 2. The summed E-state index contributed by atoms with van der Waals surface area (Å²) in [5.74, 6) is -0.813. The molecule has 43 heavy (non-hydrogen) atoms. The van der Waals surface area contributed by atoms with E-state index in [2.05, 4.69) is 24.5 Å². The molecule has 0 spiro atoms. The fourth-order valence-corrected chi connectivity index (χ4v) is 7.34. The van der Waals surface area contributed by atoms with Crippen LogP contribution in [0.15, 0.2) is 52.4 Å². The Labute approximate surface area is 243 Å². The van der Waals surface area contributed by atoms with Gasteiger partial charge in [-0.3, -0.25) is 9.59 Å². The zero-order chi connectivity index (χ0) is 30.1. The average Bonchev–Trinajstić information content (AvgIpc) is 3.33. The van der Waals surface area contributed by atoms with Crippen LogP contribution in [0.2, 0.25) is 0 Å². The summed E-state index contributed by atoms with van der Waals surface area (Å²) in [5, 5.41) is 4.51. The lowest BCUT2D eigenvalue weighted by atomic mass is 10.1. The number of sulfonamides is 1. The number of fused-ring (bicyclic) bond motifs is 2. The lowest BCUT2D eigenvalue weighted by Crippen LogP contribution is -2.39. The zero-order valence-electron chi connectivity index (χ0n) is 22.9. The van der Waals surface area contributed by atoms with E-state index in [0.717, 1.165) is 17.5 Å². The maximum Gasteiger partial charge on any atom is 0.586 e. The predicted octanol–water partition coefficient (Wildman–Crippen LogP) is 3.40. The number of nitrogens with zero attached hydrogens (tertiary/aromatic N) is 5. The van der Waals surface area contributed by atoms with Crippen LogP contribution in [0.5, 0.6) is 11.5 Å². The van der Waals surface area contributed by atoms with Gasteiger partial charge in [-0.05, 0) is 62.4 Å². The number of imidazole rings is 1. The lowest BCUT2D eigenvalue weighted by Gasteiger charge is -2.23. The molecule has 0 radical (unpaired) electrons. The molecule has 0 bridgehead atoms. The summed E-state index contributed by atoms with van der Waals surface area (Å²) in [5.41, 5.74) is 1.50. The molecule has 2 aromatic carbocycles. The van der Waals surface area contributed by atoms with Crippen LogP contribution in [-0.4, -0.2) is 63.8 Å². The number of nitrogens with one attached hydrogen (secondary N) is 1. The third-order valence-corrected chi connectivity index (χ3v) is 9.85.